The molecule has 3 rings (SSSR count). The highest BCUT2D eigenvalue weighted by molar-refractivity contribution is 6.03. The molecule has 1 atom stereocenters. The number of amides is 2. The van der Waals surface area contributed by atoms with E-state index in [1.807, 2.05) is 63.2 Å². The first-order valence-corrected chi connectivity index (χ1v) is 8.15. The number of hydrogen-bond acceptors (Lipinski definition) is 3. The molecule has 1 heterocycles. The number of fused-ring (bicyclic) bond motifs is 1. The summed E-state index contributed by atoms with van der Waals surface area (Å²) in [4.78, 5) is 14.5. The zero-order valence-electron chi connectivity index (χ0n) is 14.2. The van der Waals surface area contributed by atoms with E-state index < -0.39 is 0 Å². The van der Waals surface area contributed by atoms with Crippen molar-refractivity contribution < 1.29 is 14.3 Å². The summed E-state index contributed by atoms with van der Waals surface area (Å²) in [5.41, 5.74) is 2.62. The maximum Gasteiger partial charge on any atom is 0.326 e. The fourth-order valence-electron chi connectivity index (χ4n) is 2.73. The molecule has 24 heavy (non-hydrogen) atoms. The summed E-state index contributed by atoms with van der Waals surface area (Å²) in [6, 6.07) is 13.1. The molecule has 0 radical (unpaired) electrons. The number of urea groups is 1. The van der Waals surface area contributed by atoms with Crippen molar-refractivity contribution in [2.24, 2.45) is 0 Å². The van der Waals surface area contributed by atoms with Crippen molar-refractivity contribution >= 4 is 17.4 Å². The number of aryl methyl sites for hydroxylation is 1. The molecule has 5 nitrogen and oxygen atoms in total. The number of carbonyl (C=O) groups is 1. The van der Waals surface area contributed by atoms with E-state index in [-0.39, 0.29) is 12.1 Å². The Bertz CT molecular complexity index is 728. The predicted octanol–water partition coefficient (Wildman–Crippen LogP) is 4.21. The molecule has 1 aliphatic heterocycles. The fraction of sp³-hybridized carbons (Fsp3) is 0.316. The molecular formula is C19H22N2O3. The van der Waals surface area contributed by atoms with Crippen LogP contribution in [0.2, 0.25) is 0 Å². The van der Waals surface area contributed by atoms with E-state index in [0.29, 0.717) is 13.2 Å². The summed E-state index contributed by atoms with van der Waals surface area (Å²) in [7, 11) is 0. The molecule has 2 aromatic carbocycles. The van der Waals surface area contributed by atoms with E-state index >= 15 is 0 Å². The molecule has 0 aromatic heterocycles. The van der Waals surface area contributed by atoms with Crippen LogP contribution >= 0.6 is 0 Å². The highest BCUT2D eigenvalue weighted by Gasteiger charge is 2.27. The Morgan fingerprint density at radius 1 is 1.29 bits per heavy atom. The smallest absolute Gasteiger partial charge is 0.326 e. The van der Waals surface area contributed by atoms with Crippen molar-refractivity contribution in [3.63, 3.8) is 0 Å². The van der Waals surface area contributed by atoms with Gasteiger partial charge in [0.2, 0.25) is 0 Å². The van der Waals surface area contributed by atoms with Gasteiger partial charge in [0.15, 0.2) is 0 Å². The number of nitrogens with one attached hydrogen (secondary N) is 1. The summed E-state index contributed by atoms with van der Waals surface area (Å²) in [6.45, 7) is 7.03. The Morgan fingerprint density at radius 3 is 2.75 bits per heavy atom. The van der Waals surface area contributed by atoms with Crippen LogP contribution in [0.25, 0.3) is 0 Å². The Hall–Kier alpha value is -2.69. The van der Waals surface area contributed by atoms with E-state index in [2.05, 4.69) is 5.32 Å². The van der Waals surface area contributed by atoms with Gasteiger partial charge in [0.25, 0.3) is 0 Å². The van der Waals surface area contributed by atoms with Crippen molar-refractivity contribution in [1.29, 1.82) is 0 Å². The summed E-state index contributed by atoms with van der Waals surface area (Å²) in [6.07, 6.45) is -0.0497. The maximum absolute atomic E-state index is 12.7. The number of anilines is 2. The van der Waals surface area contributed by atoms with Crippen molar-refractivity contribution in [3.05, 3.63) is 48.0 Å². The van der Waals surface area contributed by atoms with Gasteiger partial charge in [0.1, 0.15) is 17.6 Å². The molecule has 0 saturated carbocycles. The minimum absolute atomic E-state index is 0.0497. The van der Waals surface area contributed by atoms with Crippen molar-refractivity contribution in [2.75, 3.05) is 23.4 Å². The summed E-state index contributed by atoms with van der Waals surface area (Å²) < 4.78 is 11.2. The predicted molar refractivity (Wildman–Crippen MR) is 95.2 cm³/mol. The van der Waals surface area contributed by atoms with Gasteiger partial charge < -0.3 is 14.8 Å². The lowest BCUT2D eigenvalue weighted by Gasteiger charge is -2.33. The molecule has 5 heteroatoms. The molecule has 1 N–H and O–H groups in total. The first-order valence-electron chi connectivity index (χ1n) is 8.15. The number of hydrogen-bond donors (Lipinski definition) is 1. The van der Waals surface area contributed by atoms with Gasteiger partial charge in [0, 0.05) is 5.69 Å². The second-order valence-corrected chi connectivity index (χ2v) is 5.90. The van der Waals surface area contributed by atoms with Gasteiger partial charge in [-0.15, -0.1) is 0 Å². The van der Waals surface area contributed by atoms with Crippen LogP contribution in [0.4, 0.5) is 16.2 Å². The maximum atomic E-state index is 12.7. The van der Waals surface area contributed by atoms with Crippen LogP contribution < -0.4 is 19.7 Å². The van der Waals surface area contributed by atoms with Crippen molar-refractivity contribution in [1.82, 2.24) is 0 Å². The number of ether oxygens (including phenoxy) is 2. The number of nitrogens with zero attached hydrogens (tertiary/aromatic N) is 1. The van der Waals surface area contributed by atoms with Gasteiger partial charge in [-0.3, -0.25) is 4.90 Å². The molecule has 2 aromatic rings. The SMILES string of the molecule is CCOc1ccc(NC(=O)N2C[C@@H](C)Oc3ccc(C)cc32)cc1. The lowest BCUT2D eigenvalue weighted by Crippen LogP contribution is -2.44. The van der Waals surface area contributed by atoms with Crippen LogP contribution in [0.3, 0.4) is 0 Å². The fourth-order valence-corrected chi connectivity index (χ4v) is 2.73. The van der Waals surface area contributed by atoms with Gasteiger partial charge >= 0.3 is 6.03 Å². The van der Waals surface area contributed by atoms with Crippen LogP contribution in [0.5, 0.6) is 11.5 Å². The average molecular weight is 326 g/mol. The first-order chi connectivity index (χ1) is 11.6. The highest BCUT2D eigenvalue weighted by Crippen LogP contribution is 2.34. The number of carbonyl (C=O) groups excluding carboxylic acids is 1. The molecule has 0 unspecified atom stereocenters. The largest absolute Gasteiger partial charge is 0.494 e. The third-order valence-corrected chi connectivity index (χ3v) is 3.83. The molecule has 0 aliphatic carbocycles. The van der Waals surface area contributed by atoms with Crippen LogP contribution in [0.1, 0.15) is 19.4 Å². The molecule has 126 valence electrons. The van der Waals surface area contributed by atoms with Gasteiger partial charge in [-0.1, -0.05) is 6.07 Å². The first kappa shape index (κ1) is 16.2. The normalized spacial score (nSPS) is 16.1. The summed E-state index contributed by atoms with van der Waals surface area (Å²) in [5.74, 6) is 1.53. The minimum atomic E-state index is -0.166. The van der Waals surface area contributed by atoms with E-state index in [0.717, 1.165) is 28.4 Å². The van der Waals surface area contributed by atoms with E-state index in [9.17, 15) is 4.79 Å². The third-order valence-electron chi connectivity index (χ3n) is 3.83. The molecule has 0 bridgehead atoms. The summed E-state index contributed by atoms with van der Waals surface area (Å²) in [5, 5.41) is 2.94. The molecule has 0 saturated heterocycles. The van der Waals surface area contributed by atoms with Crippen LogP contribution in [-0.4, -0.2) is 25.3 Å². The van der Waals surface area contributed by atoms with Gasteiger partial charge in [-0.2, -0.15) is 0 Å². The van der Waals surface area contributed by atoms with Gasteiger partial charge in [0.05, 0.1) is 18.8 Å². The Balaban J connectivity index is 1.78. The Labute approximate surface area is 142 Å². The minimum Gasteiger partial charge on any atom is -0.494 e. The summed E-state index contributed by atoms with van der Waals surface area (Å²) >= 11 is 0. The van der Waals surface area contributed by atoms with Crippen LogP contribution in [0.15, 0.2) is 42.5 Å². The van der Waals surface area contributed by atoms with Crippen LogP contribution in [-0.2, 0) is 0 Å². The van der Waals surface area contributed by atoms with Crippen molar-refractivity contribution in [3.8, 4) is 11.5 Å². The molecule has 0 spiro atoms. The molecular weight excluding hydrogens is 304 g/mol. The molecule has 1 aliphatic rings. The van der Waals surface area contributed by atoms with E-state index in [1.165, 1.54) is 0 Å². The Kier molecular flexibility index (Phi) is 4.60. The number of benzene rings is 2. The second-order valence-electron chi connectivity index (χ2n) is 5.90. The van der Waals surface area contributed by atoms with Gasteiger partial charge in [-0.25, -0.2) is 4.79 Å². The molecule has 0 fully saturated rings. The lowest BCUT2D eigenvalue weighted by atomic mass is 10.1. The zero-order valence-corrected chi connectivity index (χ0v) is 14.2. The standard InChI is InChI=1S/C19H22N2O3/c1-4-23-16-8-6-15(7-9-16)20-19(22)21-12-14(3)24-18-10-5-13(2)11-17(18)21/h5-11,14H,4,12H2,1-3H3,(H,20,22)/t14-/m1/s1. The monoisotopic (exact) mass is 326 g/mol. The molecule has 2 amide bonds. The lowest BCUT2D eigenvalue weighted by molar-refractivity contribution is 0.208. The van der Waals surface area contributed by atoms with E-state index in [4.69, 9.17) is 9.47 Å². The van der Waals surface area contributed by atoms with Crippen molar-refractivity contribution in [2.45, 2.75) is 26.9 Å². The third kappa shape index (κ3) is 3.45. The topological polar surface area (TPSA) is 50.8 Å². The Morgan fingerprint density at radius 2 is 2.04 bits per heavy atom. The number of rotatable bonds is 3. The highest BCUT2D eigenvalue weighted by atomic mass is 16.5. The van der Waals surface area contributed by atoms with Gasteiger partial charge in [-0.05, 0) is 62.7 Å². The van der Waals surface area contributed by atoms with E-state index in [1.54, 1.807) is 4.90 Å². The van der Waals surface area contributed by atoms with Crippen LogP contribution in [0, 0.1) is 6.92 Å². The second kappa shape index (κ2) is 6.83. The quantitative estimate of drug-likeness (QED) is 0.919. The zero-order chi connectivity index (χ0) is 17.1. The average Bonchev–Trinajstić information content (AvgIpc) is 2.56.